The summed E-state index contributed by atoms with van der Waals surface area (Å²) in [7, 11) is 5.02. The summed E-state index contributed by atoms with van der Waals surface area (Å²) in [4.78, 5) is 31.0. The number of aromatic nitrogens is 1. The molecule has 1 atom stereocenters. The summed E-state index contributed by atoms with van der Waals surface area (Å²) in [5.74, 6) is -0.523. The molecule has 0 fully saturated rings. The van der Waals surface area contributed by atoms with Gasteiger partial charge in [-0.25, -0.2) is 4.98 Å². The van der Waals surface area contributed by atoms with Crippen molar-refractivity contribution in [1.29, 1.82) is 0 Å². The van der Waals surface area contributed by atoms with Crippen molar-refractivity contribution in [3.05, 3.63) is 71.9 Å². The van der Waals surface area contributed by atoms with Gasteiger partial charge in [0.2, 0.25) is 0 Å². The Balaban J connectivity index is 1.74. The molecular weight excluding hydrogens is 366 g/mol. The van der Waals surface area contributed by atoms with Gasteiger partial charge in [-0.15, -0.1) is 0 Å². The lowest BCUT2D eigenvalue weighted by molar-refractivity contribution is -0.145. The Kier molecular flexibility index (Phi) is 6.44. The predicted molar refractivity (Wildman–Crippen MR) is 114 cm³/mol. The van der Waals surface area contributed by atoms with Gasteiger partial charge in [0.05, 0.1) is 18.6 Å². The molecule has 1 N–H and O–H groups in total. The first-order valence-corrected chi connectivity index (χ1v) is 9.45. The molecule has 1 heterocycles. The molecule has 1 amide bonds. The first kappa shape index (κ1) is 20.3. The maximum absolute atomic E-state index is 12.7. The van der Waals surface area contributed by atoms with Crippen molar-refractivity contribution in [2.45, 2.75) is 6.42 Å². The standard InChI is InChI=1S/C23H25N3O3/c1-26(2)21-20(9-6-12-24-21)22(27)25-15-19(23(28)29-3)14-16-10-11-17-7-4-5-8-18(17)13-16/h4-13,19H,14-15H2,1-3H3,(H,25,27). The molecule has 2 aromatic carbocycles. The van der Waals surface area contributed by atoms with Gasteiger partial charge in [0.25, 0.3) is 5.91 Å². The molecule has 29 heavy (non-hydrogen) atoms. The Morgan fingerprint density at radius 3 is 2.55 bits per heavy atom. The summed E-state index contributed by atoms with van der Waals surface area (Å²) in [6, 6.07) is 17.6. The lowest BCUT2D eigenvalue weighted by Gasteiger charge is -2.18. The van der Waals surface area contributed by atoms with E-state index in [4.69, 9.17) is 4.74 Å². The van der Waals surface area contributed by atoms with Gasteiger partial charge in [0, 0.05) is 26.8 Å². The van der Waals surface area contributed by atoms with Gasteiger partial charge in [-0.3, -0.25) is 9.59 Å². The summed E-state index contributed by atoms with van der Waals surface area (Å²) in [5, 5.41) is 5.12. The zero-order valence-electron chi connectivity index (χ0n) is 16.9. The maximum atomic E-state index is 12.7. The van der Waals surface area contributed by atoms with Crippen LogP contribution >= 0.6 is 0 Å². The van der Waals surface area contributed by atoms with Gasteiger partial charge in [0.15, 0.2) is 0 Å². The van der Waals surface area contributed by atoms with Crippen LogP contribution in [-0.2, 0) is 16.0 Å². The molecular formula is C23H25N3O3. The van der Waals surface area contributed by atoms with Crippen LogP contribution in [0, 0.1) is 5.92 Å². The second kappa shape index (κ2) is 9.19. The fraction of sp³-hybridized carbons (Fsp3) is 0.261. The number of pyridine rings is 1. The molecule has 3 aromatic rings. The third-order valence-corrected chi connectivity index (χ3v) is 4.79. The van der Waals surface area contributed by atoms with Crippen LogP contribution in [0.25, 0.3) is 10.8 Å². The van der Waals surface area contributed by atoms with E-state index in [0.717, 1.165) is 16.3 Å². The minimum absolute atomic E-state index is 0.181. The fourth-order valence-corrected chi connectivity index (χ4v) is 3.30. The van der Waals surface area contributed by atoms with E-state index in [1.807, 2.05) is 50.5 Å². The van der Waals surface area contributed by atoms with Crippen molar-refractivity contribution in [1.82, 2.24) is 10.3 Å². The molecule has 6 nitrogen and oxygen atoms in total. The van der Waals surface area contributed by atoms with E-state index >= 15 is 0 Å². The van der Waals surface area contributed by atoms with Gasteiger partial charge >= 0.3 is 5.97 Å². The molecule has 150 valence electrons. The van der Waals surface area contributed by atoms with E-state index in [2.05, 4.69) is 16.4 Å². The third kappa shape index (κ3) is 4.90. The van der Waals surface area contributed by atoms with E-state index in [1.54, 1.807) is 23.2 Å². The van der Waals surface area contributed by atoms with E-state index in [9.17, 15) is 9.59 Å². The van der Waals surface area contributed by atoms with Crippen molar-refractivity contribution in [3.8, 4) is 0 Å². The average Bonchev–Trinajstić information content (AvgIpc) is 2.75. The van der Waals surface area contributed by atoms with Crippen LogP contribution in [0.15, 0.2) is 60.8 Å². The minimum atomic E-state index is -0.482. The monoisotopic (exact) mass is 391 g/mol. The molecule has 0 saturated carbocycles. The van der Waals surface area contributed by atoms with Crippen molar-refractivity contribution >= 4 is 28.5 Å². The highest BCUT2D eigenvalue weighted by Gasteiger charge is 2.22. The number of nitrogens with zero attached hydrogens (tertiary/aromatic N) is 2. The maximum Gasteiger partial charge on any atom is 0.310 e. The van der Waals surface area contributed by atoms with Crippen LogP contribution < -0.4 is 10.2 Å². The third-order valence-electron chi connectivity index (χ3n) is 4.79. The first-order valence-electron chi connectivity index (χ1n) is 9.45. The van der Waals surface area contributed by atoms with Crippen LogP contribution in [-0.4, -0.2) is 44.6 Å². The molecule has 0 radical (unpaired) electrons. The summed E-state index contributed by atoms with van der Waals surface area (Å²) >= 11 is 0. The van der Waals surface area contributed by atoms with Crippen LogP contribution in [0.3, 0.4) is 0 Å². The number of ether oxygens (including phenoxy) is 1. The molecule has 1 aromatic heterocycles. The van der Waals surface area contributed by atoms with Crippen molar-refractivity contribution < 1.29 is 14.3 Å². The normalized spacial score (nSPS) is 11.7. The summed E-state index contributed by atoms with van der Waals surface area (Å²) in [6.07, 6.45) is 2.12. The summed E-state index contributed by atoms with van der Waals surface area (Å²) in [5.41, 5.74) is 1.48. The number of hydrogen-bond donors (Lipinski definition) is 1. The largest absolute Gasteiger partial charge is 0.469 e. The van der Waals surface area contributed by atoms with E-state index in [1.165, 1.54) is 7.11 Å². The van der Waals surface area contributed by atoms with Crippen molar-refractivity contribution in [2.24, 2.45) is 5.92 Å². The van der Waals surface area contributed by atoms with Crippen LogP contribution in [0.1, 0.15) is 15.9 Å². The molecule has 0 bridgehead atoms. The summed E-state index contributed by atoms with van der Waals surface area (Å²) in [6.45, 7) is 0.181. The number of methoxy groups -OCH3 is 1. The van der Waals surface area contributed by atoms with Gasteiger partial charge in [0.1, 0.15) is 5.82 Å². The number of carbonyl (C=O) groups is 2. The number of anilines is 1. The smallest absolute Gasteiger partial charge is 0.310 e. The minimum Gasteiger partial charge on any atom is -0.469 e. The number of esters is 1. The highest BCUT2D eigenvalue weighted by molar-refractivity contribution is 5.99. The molecule has 0 aliphatic heterocycles. The quantitative estimate of drug-likeness (QED) is 0.627. The Morgan fingerprint density at radius 2 is 1.83 bits per heavy atom. The predicted octanol–water partition coefficient (Wildman–Crippen LogP) is 3.06. The highest BCUT2D eigenvalue weighted by atomic mass is 16.5. The molecule has 0 aliphatic carbocycles. The van der Waals surface area contributed by atoms with Crippen LogP contribution in [0.4, 0.5) is 5.82 Å². The Hall–Kier alpha value is -3.41. The Morgan fingerprint density at radius 1 is 1.07 bits per heavy atom. The molecule has 1 unspecified atom stereocenters. The lowest BCUT2D eigenvalue weighted by Crippen LogP contribution is -2.35. The Bertz CT molecular complexity index is 1020. The van der Waals surface area contributed by atoms with E-state index in [-0.39, 0.29) is 18.4 Å². The number of fused-ring (bicyclic) bond motifs is 1. The van der Waals surface area contributed by atoms with Gasteiger partial charge in [-0.1, -0.05) is 42.5 Å². The molecule has 6 heteroatoms. The lowest BCUT2D eigenvalue weighted by atomic mass is 9.97. The summed E-state index contributed by atoms with van der Waals surface area (Å²) < 4.78 is 4.96. The van der Waals surface area contributed by atoms with Crippen molar-refractivity contribution in [3.63, 3.8) is 0 Å². The number of amides is 1. The number of nitrogens with one attached hydrogen (secondary N) is 1. The van der Waals surface area contributed by atoms with Gasteiger partial charge in [-0.05, 0) is 34.9 Å². The zero-order valence-corrected chi connectivity index (χ0v) is 16.9. The number of hydrogen-bond acceptors (Lipinski definition) is 5. The van der Waals surface area contributed by atoms with Crippen LogP contribution in [0.2, 0.25) is 0 Å². The van der Waals surface area contributed by atoms with E-state index < -0.39 is 5.92 Å². The molecule has 0 aliphatic rings. The van der Waals surface area contributed by atoms with Crippen LogP contribution in [0.5, 0.6) is 0 Å². The van der Waals surface area contributed by atoms with Crippen molar-refractivity contribution in [2.75, 3.05) is 32.6 Å². The van der Waals surface area contributed by atoms with Gasteiger partial charge in [-0.2, -0.15) is 0 Å². The fourth-order valence-electron chi connectivity index (χ4n) is 3.30. The second-order valence-electron chi connectivity index (χ2n) is 7.08. The number of benzene rings is 2. The highest BCUT2D eigenvalue weighted by Crippen LogP contribution is 2.19. The average molecular weight is 391 g/mol. The second-order valence-corrected chi connectivity index (χ2v) is 7.08. The molecule has 0 saturated heterocycles. The SMILES string of the molecule is COC(=O)C(CNC(=O)c1cccnc1N(C)C)Cc1ccc2ccccc2c1. The van der Waals surface area contributed by atoms with Gasteiger partial charge < -0.3 is 15.0 Å². The molecule has 3 rings (SSSR count). The van der Waals surface area contributed by atoms with E-state index in [0.29, 0.717) is 17.8 Å². The zero-order chi connectivity index (χ0) is 20.8. The Labute approximate surface area is 170 Å². The first-order chi connectivity index (χ1) is 14.0. The number of carbonyl (C=O) groups excluding carboxylic acids is 2. The number of rotatable bonds is 7. The topological polar surface area (TPSA) is 71.5 Å². The molecule has 0 spiro atoms.